The van der Waals surface area contributed by atoms with Crippen molar-refractivity contribution in [3.63, 3.8) is 0 Å². The molecule has 1 fully saturated rings. The fourth-order valence-corrected chi connectivity index (χ4v) is 4.22. The van der Waals surface area contributed by atoms with Gasteiger partial charge < -0.3 is 19.5 Å². The quantitative estimate of drug-likeness (QED) is 0.738. The summed E-state index contributed by atoms with van der Waals surface area (Å²) in [5.41, 5.74) is 5.09. The third kappa shape index (κ3) is 3.68. The third-order valence-electron chi connectivity index (χ3n) is 5.78. The van der Waals surface area contributed by atoms with E-state index >= 15 is 0 Å². The summed E-state index contributed by atoms with van der Waals surface area (Å²) in [6, 6.07) is 5.75. The number of likely N-dealkylation sites (N-methyl/N-ethyl adjacent to an activating group) is 1. The van der Waals surface area contributed by atoms with Crippen LogP contribution in [0.3, 0.4) is 0 Å². The van der Waals surface area contributed by atoms with Crippen LogP contribution in [0.5, 0.6) is 0 Å². The number of nitrogens with zero attached hydrogens (tertiary/aromatic N) is 4. The molecular weight excluding hydrogens is 366 g/mol. The molecule has 2 atom stereocenters. The van der Waals surface area contributed by atoms with Gasteiger partial charge in [0.05, 0.1) is 24.9 Å². The Kier molecular flexibility index (Phi) is 5.19. The van der Waals surface area contributed by atoms with Crippen LogP contribution in [0, 0.1) is 13.8 Å². The van der Waals surface area contributed by atoms with E-state index < -0.39 is 0 Å². The molecule has 0 bridgehead atoms. The molecule has 2 aromatic heterocycles. The second-order valence-electron chi connectivity index (χ2n) is 8.20. The topological polar surface area (TPSA) is 66.4 Å². The van der Waals surface area contributed by atoms with Crippen LogP contribution < -0.4 is 0 Å². The smallest absolute Gasteiger partial charge is 0.254 e. The molecule has 1 aliphatic rings. The number of aromatic nitrogens is 3. The van der Waals surface area contributed by atoms with Gasteiger partial charge in [-0.3, -0.25) is 9.48 Å². The van der Waals surface area contributed by atoms with Gasteiger partial charge in [-0.25, -0.2) is 0 Å². The number of amides is 1. The van der Waals surface area contributed by atoms with Crippen LogP contribution in [-0.4, -0.2) is 70.4 Å². The molecular formula is C22H29N5O2. The third-order valence-corrected chi connectivity index (χ3v) is 5.78. The first-order chi connectivity index (χ1) is 13.8. The maximum Gasteiger partial charge on any atom is 0.254 e. The molecule has 7 nitrogen and oxygen atoms in total. The summed E-state index contributed by atoms with van der Waals surface area (Å²) in [6.45, 7) is 5.97. The zero-order valence-electron chi connectivity index (χ0n) is 17.8. The van der Waals surface area contributed by atoms with Gasteiger partial charge in [-0.05, 0) is 51.7 Å². The van der Waals surface area contributed by atoms with Crippen molar-refractivity contribution in [3.8, 4) is 0 Å². The molecule has 3 aromatic rings. The number of hydrogen-bond donors (Lipinski definition) is 1. The Morgan fingerprint density at radius 2 is 2.14 bits per heavy atom. The molecule has 0 spiro atoms. The number of morpholine rings is 1. The SMILES string of the molecule is Cc1[nH]c2ccc(C(=O)N3CCO[C@@H](CN(C)C)[C@@H]3c3cnn(C)c3)cc2c1C. The lowest BCUT2D eigenvalue weighted by Gasteiger charge is -2.41. The van der Waals surface area contributed by atoms with Gasteiger partial charge in [0.1, 0.15) is 0 Å². The molecule has 3 heterocycles. The standard InChI is InChI=1S/C22H29N5O2/c1-14-15(2)24-19-7-6-16(10-18(14)19)22(28)27-8-9-29-20(13-25(3)4)21(27)17-11-23-26(5)12-17/h6-7,10-12,20-21,24H,8-9,13H2,1-5H3/t20-,21-/m0/s1. The van der Waals surface area contributed by atoms with E-state index in [4.69, 9.17) is 4.74 Å². The van der Waals surface area contributed by atoms with Crippen molar-refractivity contribution in [1.29, 1.82) is 0 Å². The normalized spacial score (nSPS) is 20.0. The maximum absolute atomic E-state index is 13.6. The van der Waals surface area contributed by atoms with Crippen molar-refractivity contribution in [1.82, 2.24) is 24.6 Å². The predicted molar refractivity (Wildman–Crippen MR) is 113 cm³/mol. The van der Waals surface area contributed by atoms with E-state index in [0.29, 0.717) is 18.7 Å². The van der Waals surface area contributed by atoms with E-state index in [-0.39, 0.29) is 18.1 Å². The number of ether oxygens (including phenoxy) is 1. The zero-order chi connectivity index (χ0) is 20.7. The van der Waals surface area contributed by atoms with Crippen molar-refractivity contribution in [2.45, 2.75) is 26.0 Å². The number of rotatable bonds is 4. The summed E-state index contributed by atoms with van der Waals surface area (Å²) in [6.07, 6.45) is 3.71. The summed E-state index contributed by atoms with van der Waals surface area (Å²) < 4.78 is 7.87. The van der Waals surface area contributed by atoms with Crippen LogP contribution in [0.2, 0.25) is 0 Å². The van der Waals surface area contributed by atoms with Gasteiger partial charge >= 0.3 is 0 Å². The monoisotopic (exact) mass is 395 g/mol. The highest BCUT2D eigenvalue weighted by Crippen LogP contribution is 2.32. The van der Waals surface area contributed by atoms with E-state index in [9.17, 15) is 4.79 Å². The highest BCUT2D eigenvalue weighted by Gasteiger charge is 2.37. The number of benzene rings is 1. The summed E-state index contributed by atoms with van der Waals surface area (Å²) >= 11 is 0. The Bertz CT molecular complexity index is 1040. The van der Waals surface area contributed by atoms with E-state index in [0.717, 1.165) is 28.7 Å². The van der Waals surface area contributed by atoms with E-state index in [2.05, 4.69) is 28.8 Å². The largest absolute Gasteiger partial charge is 0.373 e. The Hall–Kier alpha value is -2.64. The Morgan fingerprint density at radius 1 is 1.34 bits per heavy atom. The summed E-state index contributed by atoms with van der Waals surface area (Å²) in [7, 11) is 5.94. The number of carbonyl (C=O) groups is 1. The Labute approximate surface area is 171 Å². The first kappa shape index (κ1) is 19.7. The maximum atomic E-state index is 13.6. The number of H-pyrrole nitrogens is 1. The minimum atomic E-state index is -0.169. The van der Waals surface area contributed by atoms with Gasteiger partial charge in [-0.1, -0.05) is 0 Å². The number of hydrogen-bond acceptors (Lipinski definition) is 4. The summed E-state index contributed by atoms with van der Waals surface area (Å²) in [4.78, 5) is 21.0. The summed E-state index contributed by atoms with van der Waals surface area (Å²) in [5.74, 6) is 0.0334. The fraction of sp³-hybridized carbons (Fsp3) is 0.455. The van der Waals surface area contributed by atoms with Crippen molar-refractivity contribution in [2.75, 3.05) is 33.8 Å². The molecule has 0 saturated carbocycles. The molecule has 1 aliphatic heterocycles. The molecule has 0 unspecified atom stereocenters. The molecule has 1 saturated heterocycles. The molecule has 29 heavy (non-hydrogen) atoms. The van der Waals surface area contributed by atoms with Gasteiger partial charge in [0.15, 0.2) is 0 Å². The van der Waals surface area contributed by atoms with Gasteiger partial charge in [0, 0.05) is 54.1 Å². The molecule has 1 amide bonds. The van der Waals surface area contributed by atoms with Crippen LogP contribution in [0.25, 0.3) is 10.9 Å². The van der Waals surface area contributed by atoms with Crippen LogP contribution in [-0.2, 0) is 11.8 Å². The lowest BCUT2D eigenvalue weighted by molar-refractivity contribution is -0.0684. The first-order valence-electron chi connectivity index (χ1n) is 10.00. The van der Waals surface area contributed by atoms with Crippen molar-refractivity contribution < 1.29 is 9.53 Å². The number of nitrogens with one attached hydrogen (secondary N) is 1. The summed E-state index contributed by atoms with van der Waals surface area (Å²) in [5, 5.41) is 5.43. The zero-order valence-corrected chi connectivity index (χ0v) is 17.8. The fourth-order valence-electron chi connectivity index (χ4n) is 4.22. The Morgan fingerprint density at radius 3 is 2.83 bits per heavy atom. The van der Waals surface area contributed by atoms with E-state index in [1.165, 1.54) is 5.56 Å². The lowest BCUT2D eigenvalue weighted by atomic mass is 9.98. The molecule has 1 N–H and O–H groups in total. The molecule has 4 rings (SSSR count). The Balaban J connectivity index is 1.72. The molecule has 7 heteroatoms. The molecule has 0 aliphatic carbocycles. The number of carbonyl (C=O) groups excluding carboxylic acids is 1. The molecule has 0 radical (unpaired) electrons. The van der Waals surface area contributed by atoms with Crippen LogP contribution >= 0.6 is 0 Å². The number of aromatic amines is 1. The van der Waals surface area contributed by atoms with Crippen LogP contribution in [0.1, 0.15) is 33.2 Å². The van der Waals surface area contributed by atoms with Crippen LogP contribution in [0.15, 0.2) is 30.6 Å². The minimum absolute atomic E-state index is 0.0334. The van der Waals surface area contributed by atoms with Crippen LogP contribution in [0.4, 0.5) is 0 Å². The minimum Gasteiger partial charge on any atom is -0.373 e. The van der Waals surface area contributed by atoms with Crippen molar-refractivity contribution >= 4 is 16.8 Å². The number of fused-ring (bicyclic) bond motifs is 1. The average molecular weight is 396 g/mol. The highest BCUT2D eigenvalue weighted by atomic mass is 16.5. The van der Waals surface area contributed by atoms with E-state index in [1.54, 1.807) is 4.68 Å². The average Bonchev–Trinajstić information content (AvgIpc) is 3.23. The van der Waals surface area contributed by atoms with Gasteiger partial charge in [0.2, 0.25) is 0 Å². The van der Waals surface area contributed by atoms with Gasteiger partial charge in [-0.2, -0.15) is 5.10 Å². The lowest BCUT2D eigenvalue weighted by Crippen LogP contribution is -2.51. The predicted octanol–water partition coefficient (Wildman–Crippen LogP) is 2.66. The van der Waals surface area contributed by atoms with Crippen molar-refractivity contribution in [3.05, 3.63) is 53.0 Å². The molecule has 154 valence electrons. The second kappa shape index (κ2) is 7.65. The van der Waals surface area contributed by atoms with Crippen molar-refractivity contribution in [2.24, 2.45) is 7.05 Å². The van der Waals surface area contributed by atoms with E-state index in [1.807, 2.05) is 56.6 Å². The first-order valence-corrected chi connectivity index (χ1v) is 10.00. The highest BCUT2D eigenvalue weighted by molar-refractivity contribution is 5.99. The second-order valence-corrected chi connectivity index (χ2v) is 8.20. The van der Waals surface area contributed by atoms with Gasteiger partial charge in [0.25, 0.3) is 5.91 Å². The molecule has 1 aromatic carbocycles. The van der Waals surface area contributed by atoms with Gasteiger partial charge in [-0.15, -0.1) is 0 Å². The number of aryl methyl sites for hydroxylation is 3.